The zero-order valence-corrected chi connectivity index (χ0v) is 14.7. The predicted molar refractivity (Wildman–Crippen MR) is 91.8 cm³/mol. The lowest BCUT2D eigenvalue weighted by molar-refractivity contribution is -0.180. The second kappa shape index (κ2) is 6.32. The molecule has 5 nitrogen and oxygen atoms in total. The number of pyridine rings is 1. The number of piperidine rings is 1. The molecular formula is C19H26FN3O2. The van der Waals surface area contributed by atoms with Crippen molar-refractivity contribution in [2.45, 2.75) is 49.9 Å². The standard InChI is InChI=1S/C19H26FN3O2/c1-25-19(12-5-6-22-17(7-12)18(21)24)13-3-2-4-14(19)11-23(10-13)16-8-15(20)9-16/h5-7,13-16H,2-4,8-11H2,1H3,(H2,21,24). The van der Waals surface area contributed by atoms with Gasteiger partial charge in [0.25, 0.3) is 5.91 Å². The van der Waals surface area contributed by atoms with Crippen LogP contribution in [0.4, 0.5) is 4.39 Å². The minimum Gasteiger partial charge on any atom is -0.373 e. The molecule has 3 fully saturated rings. The summed E-state index contributed by atoms with van der Waals surface area (Å²) in [6.45, 7) is 1.85. The maximum absolute atomic E-state index is 13.3. The number of fused-ring (bicyclic) bond motifs is 2. The maximum atomic E-state index is 13.3. The second-order valence-electron chi connectivity index (χ2n) is 7.79. The summed E-state index contributed by atoms with van der Waals surface area (Å²) in [6, 6.07) is 4.14. The smallest absolute Gasteiger partial charge is 0.267 e. The third kappa shape index (κ3) is 2.66. The zero-order valence-electron chi connectivity index (χ0n) is 14.7. The number of carbonyl (C=O) groups excluding carboxylic acids is 1. The summed E-state index contributed by atoms with van der Waals surface area (Å²) in [5.41, 5.74) is 6.32. The molecule has 2 saturated carbocycles. The first-order chi connectivity index (χ1) is 12.0. The Bertz CT molecular complexity index is 648. The van der Waals surface area contributed by atoms with Crippen LogP contribution in [0.1, 0.15) is 48.2 Å². The summed E-state index contributed by atoms with van der Waals surface area (Å²) >= 11 is 0. The largest absolute Gasteiger partial charge is 0.373 e. The lowest BCUT2D eigenvalue weighted by atomic mass is 9.62. The number of ether oxygens (including phenoxy) is 1. The molecule has 2 unspecified atom stereocenters. The third-order valence-corrected chi connectivity index (χ3v) is 6.60. The van der Waals surface area contributed by atoms with E-state index in [0.717, 1.165) is 31.5 Å². The highest BCUT2D eigenvalue weighted by Gasteiger charge is 2.54. The van der Waals surface area contributed by atoms with Gasteiger partial charge in [0, 0.05) is 44.3 Å². The summed E-state index contributed by atoms with van der Waals surface area (Å²) in [5.74, 6) is 0.165. The number of carbonyl (C=O) groups is 1. The van der Waals surface area contributed by atoms with Gasteiger partial charge in [0.05, 0.1) is 0 Å². The third-order valence-electron chi connectivity index (χ3n) is 6.60. The van der Waals surface area contributed by atoms with Gasteiger partial charge in [-0.05, 0) is 43.4 Å². The number of methoxy groups -OCH3 is 1. The van der Waals surface area contributed by atoms with Gasteiger partial charge in [-0.25, -0.2) is 4.39 Å². The Kier molecular flexibility index (Phi) is 4.28. The fraction of sp³-hybridized carbons (Fsp3) is 0.684. The van der Waals surface area contributed by atoms with Crippen molar-refractivity contribution in [1.82, 2.24) is 9.88 Å². The average Bonchev–Trinajstić information content (AvgIpc) is 2.57. The van der Waals surface area contributed by atoms with Gasteiger partial charge >= 0.3 is 0 Å². The van der Waals surface area contributed by atoms with Crippen LogP contribution in [0.5, 0.6) is 0 Å². The topological polar surface area (TPSA) is 68.5 Å². The molecule has 4 rings (SSSR count). The molecule has 25 heavy (non-hydrogen) atoms. The first kappa shape index (κ1) is 16.9. The number of aromatic nitrogens is 1. The number of nitrogens with two attached hydrogens (primary N) is 1. The number of hydrogen-bond acceptors (Lipinski definition) is 4. The zero-order chi connectivity index (χ0) is 17.6. The lowest BCUT2D eigenvalue weighted by Gasteiger charge is -2.57. The highest BCUT2D eigenvalue weighted by atomic mass is 19.1. The Morgan fingerprint density at radius 2 is 2.04 bits per heavy atom. The Hall–Kier alpha value is -1.53. The SMILES string of the molecule is COC1(c2ccnc(C(N)=O)c2)C2CCCC1CN(C1CC(F)C1)C2. The van der Waals surface area contributed by atoms with Crippen LogP contribution in [0.2, 0.25) is 0 Å². The molecule has 1 aliphatic heterocycles. The van der Waals surface area contributed by atoms with Gasteiger partial charge in [0.2, 0.25) is 0 Å². The van der Waals surface area contributed by atoms with Gasteiger partial charge in [-0.2, -0.15) is 0 Å². The molecule has 2 heterocycles. The van der Waals surface area contributed by atoms with E-state index in [1.165, 1.54) is 6.42 Å². The summed E-state index contributed by atoms with van der Waals surface area (Å²) in [4.78, 5) is 18.1. The molecular weight excluding hydrogens is 321 g/mol. The Morgan fingerprint density at radius 1 is 1.36 bits per heavy atom. The van der Waals surface area contributed by atoms with Gasteiger partial charge < -0.3 is 10.5 Å². The summed E-state index contributed by atoms with van der Waals surface area (Å²) in [7, 11) is 1.77. The Balaban J connectivity index is 1.67. The van der Waals surface area contributed by atoms with Crippen LogP contribution in [0, 0.1) is 11.8 Å². The van der Waals surface area contributed by atoms with Crippen molar-refractivity contribution in [2.24, 2.45) is 17.6 Å². The van der Waals surface area contributed by atoms with Crippen LogP contribution < -0.4 is 5.73 Å². The molecule has 1 aromatic rings. The van der Waals surface area contributed by atoms with E-state index in [-0.39, 0.29) is 5.69 Å². The van der Waals surface area contributed by atoms with Crippen LogP contribution in [0.15, 0.2) is 18.3 Å². The number of primary amides is 1. The number of halogens is 1. The van der Waals surface area contributed by atoms with Crippen molar-refractivity contribution in [2.75, 3.05) is 20.2 Å². The highest BCUT2D eigenvalue weighted by Crippen LogP contribution is 2.52. The number of likely N-dealkylation sites (tertiary alicyclic amines) is 1. The molecule has 2 N–H and O–H groups in total. The molecule has 2 bridgehead atoms. The monoisotopic (exact) mass is 347 g/mol. The van der Waals surface area contributed by atoms with E-state index in [0.29, 0.717) is 30.7 Å². The lowest BCUT2D eigenvalue weighted by Crippen LogP contribution is -2.62. The fourth-order valence-corrected chi connectivity index (χ4v) is 5.32. The van der Waals surface area contributed by atoms with E-state index in [4.69, 9.17) is 10.5 Å². The van der Waals surface area contributed by atoms with Crippen LogP contribution in [-0.4, -0.2) is 48.2 Å². The molecule has 1 amide bonds. The molecule has 136 valence electrons. The molecule has 0 spiro atoms. The van der Waals surface area contributed by atoms with Crippen molar-refractivity contribution in [1.29, 1.82) is 0 Å². The van der Waals surface area contributed by atoms with Crippen LogP contribution in [0.25, 0.3) is 0 Å². The van der Waals surface area contributed by atoms with Gasteiger partial charge in [-0.1, -0.05) is 6.42 Å². The molecule has 0 aromatic carbocycles. The van der Waals surface area contributed by atoms with Crippen molar-refractivity contribution < 1.29 is 13.9 Å². The van der Waals surface area contributed by atoms with E-state index in [9.17, 15) is 9.18 Å². The van der Waals surface area contributed by atoms with Gasteiger partial charge in [-0.15, -0.1) is 0 Å². The first-order valence-electron chi connectivity index (χ1n) is 9.24. The number of alkyl halides is 1. The molecule has 2 atom stereocenters. The van der Waals surface area contributed by atoms with Crippen molar-refractivity contribution in [3.05, 3.63) is 29.6 Å². The van der Waals surface area contributed by atoms with Gasteiger partial charge in [0.1, 0.15) is 17.5 Å². The van der Waals surface area contributed by atoms with Crippen LogP contribution in [-0.2, 0) is 10.3 Å². The normalized spacial score (nSPS) is 38.2. The van der Waals surface area contributed by atoms with Crippen molar-refractivity contribution >= 4 is 5.91 Å². The van der Waals surface area contributed by atoms with E-state index in [1.54, 1.807) is 19.4 Å². The first-order valence-corrected chi connectivity index (χ1v) is 9.24. The number of rotatable bonds is 4. The van der Waals surface area contributed by atoms with Gasteiger partial charge in [-0.3, -0.25) is 14.7 Å². The Labute approximate surface area is 147 Å². The summed E-state index contributed by atoms with van der Waals surface area (Å²) in [5, 5.41) is 0. The van der Waals surface area contributed by atoms with E-state index in [2.05, 4.69) is 9.88 Å². The highest BCUT2D eigenvalue weighted by molar-refractivity contribution is 5.90. The molecule has 2 aliphatic carbocycles. The fourth-order valence-electron chi connectivity index (χ4n) is 5.32. The number of amides is 1. The molecule has 1 aromatic heterocycles. The molecule has 3 aliphatic rings. The summed E-state index contributed by atoms with van der Waals surface area (Å²) in [6.07, 6.45) is 5.72. The van der Waals surface area contributed by atoms with Crippen LogP contribution in [0.3, 0.4) is 0 Å². The average molecular weight is 347 g/mol. The molecule has 0 radical (unpaired) electrons. The van der Waals surface area contributed by atoms with Crippen molar-refractivity contribution in [3.8, 4) is 0 Å². The maximum Gasteiger partial charge on any atom is 0.267 e. The number of hydrogen-bond donors (Lipinski definition) is 1. The second-order valence-corrected chi connectivity index (χ2v) is 7.79. The molecule has 1 saturated heterocycles. The Morgan fingerprint density at radius 3 is 2.60 bits per heavy atom. The van der Waals surface area contributed by atoms with Crippen LogP contribution >= 0.6 is 0 Å². The van der Waals surface area contributed by atoms with E-state index >= 15 is 0 Å². The van der Waals surface area contributed by atoms with E-state index < -0.39 is 17.7 Å². The van der Waals surface area contributed by atoms with Gasteiger partial charge in [0.15, 0.2) is 0 Å². The molecule has 6 heteroatoms. The minimum atomic E-state index is -0.628. The van der Waals surface area contributed by atoms with Crippen molar-refractivity contribution in [3.63, 3.8) is 0 Å². The quantitative estimate of drug-likeness (QED) is 0.907. The predicted octanol–water partition coefficient (Wildman–Crippen LogP) is 2.25. The summed E-state index contributed by atoms with van der Waals surface area (Å²) < 4.78 is 19.5. The minimum absolute atomic E-state index is 0.286. The number of nitrogens with zero attached hydrogens (tertiary/aromatic N) is 2. The van der Waals surface area contributed by atoms with E-state index in [1.807, 2.05) is 6.07 Å².